The Bertz CT molecular complexity index is 1380. The van der Waals surface area contributed by atoms with Gasteiger partial charge in [0, 0.05) is 36.5 Å². The Kier molecular flexibility index (Phi) is 7.44. The average molecular weight is 558 g/mol. The van der Waals surface area contributed by atoms with Gasteiger partial charge in [0.1, 0.15) is 11.7 Å². The Morgan fingerprint density at radius 1 is 0.923 bits per heavy atom. The zero-order valence-electron chi connectivity index (χ0n) is 20.9. The number of aromatic nitrogens is 1. The van der Waals surface area contributed by atoms with Crippen molar-refractivity contribution in [2.24, 2.45) is 0 Å². The van der Waals surface area contributed by atoms with Gasteiger partial charge in [0.25, 0.3) is 11.8 Å². The van der Waals surface area contributed by atoms with Crippen LogP contribution in [-0.2, 0) is 11.0 Å². The summed E-state index contributed by atoms with van der Waals surface area (Å²) in [5.41, 5.74) is 1.04. The highest BCUT2D eigenvalue weighted by molar-refractivity contribution is 7.09. The number of carboxylic acids is 1. The standard InChI is InChI=1S/C28H26F3N3O4S/c29-28(30,31)19-9-7-17(8-10-19)20-4-1-2-5-21(20)25(35)33-14-11-18(12-15-33)24-32-22(16-39-24)26(36)34-13-3-6-23(34)27(37)38/h1-2,4-5,7-10,16,18,23H,3,6,11-15H2,(H,37,38)/t23-/m0/s1. The fourth-order valence-electron chi connectivity index (χ4n) is 5.25. The van der Waals surface area contributed by atoms with E-state index in [2.05, 4.69) is 4.98 Å². The van der Waals surface area contributed by atoms with E-state index >= 15 is 0 Å². The summed E-state index contributed by atoms with van der Waals surface area (Å²) in [5.74, 6) is -1.49. The molecule has 0 radical (unpaired) electrons. The van der Waals surface area contributed by atoms with Crippen molar-refractivity contribution in [2.45, 2.75) is 43.8 Å². The van der Waals surface area contributed by atoms with Crippen LogP contribution in [0, 0.1) is 0 Å². The van der Waals surface area contributed by atoms with Gasteiger partial charge in [-0.15, -0.1) is 11.3 Å². The summed E-state index contributed by atoms with van der Waals surface area (Å²) in [6, 6.07) is 10.9. The molecule has 0 unspecified atom stereocenters. The first-order valence-electron chi connectivity index (χ1n) is 12.7. The molecule has 2 aliphatic rings. The second-order valence-corrected chi connectivity index (χ2v) is 10.6. The number of likely N-dealkylation sites (tertiary alicyclic amines) is 2. The molecule has 0 saturated carbocycles. The van der Waals surface area contributed by atoms with Crippen molar-refractivity contribution in [3.63, 3.8) is 0 Å². The average Bonchev–Trinajstić information content (AvgIpc) is 3.63. The minimum Gasteiger partial charge on any atom is -0.480 e. The van der Waals surface area contributed by atoms with Crippen LogP contribution in [0.1, 0.15) is 63.0 Å². The van der Waals surface area contributed by atoms with Crippen molar-refractivity contribution >= 4 is 29.1 Å². The number of benzene rings is 2. The normalized spacial score (nSPS) is 18.4. The van der Waals surface area contributed by atoms with Crippen molar-refractivity contribution in [3.05, 3.63) is 75.7 Å². The largest absolute Gasteiger partial charge is 0.480 e. The Hall–Kier alpha value is -3.73. The SMILES string of the molecule is O=C(O)[C@@H]1CCCN1C(=O)c1csc(C2CCN(C(=O)c3ccccc3-c3ccc(C(F)(F)F)cc3)CC2)n1. The number of hydrogen-bond donors (Lipinski definition) is 1. The number of thiazole rings is 1. The lowest BCUT2D eigenvalue weighted by atomic mass is 9.94. The van der Waals surface area contributed by atoms with Crippen LogP contribution < -0.4 is 0 Å². The molecule has 1 atom stereocenters. The first-order chi connectivity index (χ1) is 18.6. The zero-order chi connectivity index (χ0) is 27.7. The summed E-state index contributed by atoms with van der Waals surface area (Å²) in [5, 5.41) is 11.8. The van der Waals surface area contributed by atoms with Crippen LogP contribution in [0.3, 0.4) is 0 Å². The van der Waals surface area contributed by atoms with Gasteiger partial charge >= 0.3 is 12.1 Å². The minimum absolute atomic E-state index is 0.0691. The van der Waals surface area contributed by atoms with E-state index in [4.69, 9.17) is 0 Å². The second-order valence-electron chi connectivity index (χ2n) is 9.75. The first kappa shape index (κ1) is 26.9. The van der Waals surface area contributed by atoms with Gasteiger partial charge in [-0.3, -0.25) is 9.59 Å². The predicted molar refractivity (Wildman–Crippen MR) is 139 cm³/mol. The molecule has 7 nitrogen and oxygen atoms in total. The molecule has 1 aromatic heterocycles. The third-order valence-corrected chi connectivity index (χ3v) is 8.36. The zero-order valence-corrected chi connectivity index (χ0v) is 21.7. The Labute approximate surface area is 226 Å². The summed E-state index contributed by atoms with van der Waals surface area (Å²) in [6.45, 7) is 1.35. The van der Waals surface area contributed by atoms with Crippen LogP contribution in [-0.4, -0.2) is 63.4 Å². The van der Waals surface area contributed by atoms with E-state index in [-0.39, 0.29) is 23.4 Å². The van der Waals surface area contributed by atoms with Gasteiger partial charge in [0.2, 0.25) is 0 Å². The van der Waals surface area contributed by atoms with Gasteiger partial charge in [-0.2, -0.15) is 13.2 Å². The highest BCUT2D eigenvalue weighted by atomic mass is 32.1. The first-order valence-corrected chi connectivity index (χ1v) is 13.6. The summed E-state index contributed by atoms with van der Waals surface area (Å²) < 4.78 is 38.9. The third kappa shape index (κ3) is 5.54. The molecule has 5 rings (SSSR count). The molecule has 2 aliphatic heterocycles. The number of rotatable bonds is 5. The van der Waals surface area contributed by atoms with Crippen molar-refractivity contribution in [3.8, 4) is 11.1 Å². The number of halogens is 3. The minimum atomic E-state index is -4.43. The monoisotopic (exact) mass is 557 g/mol. The number of alkyl halides is 3. The van der Waals surface area contributed by atoms with E-state index in [1.165, 1.54) is 28.4 Å². The van der Waals surface area contributed by atoms with Crippen LogP contribution in [0.2, 0.25) is 0 Å². The van der Waals surface area contributed by atoms with Crippen LogP contribution in [0.25, 0.3) is 11.1 Å². The van der Waals surface area contributed by atoms with Gasteiger partial charge in [-0.25, -0.2) is 9.78 Å². The number of hydrogen-bond acceptors (Lipinski definition) is 5. The van der Waals surface area contributed by atoms with Crippen molar-refractivity contribution in [1.82, 2.24) is 14.8 Å². The molecular weight excluding hydrogens is 531 g/mol. The summed E-state index contributed by atoms with van der Waals surface area (Å²) >= 11 is 1.37. The Morgan fingerprint density at radius 2 is 1.62 bits per heavy atom. The second kappa shape index (κ2) is 10.8. The quantitative estimate of drug-likeness (QED) is 0.445. The smallest absolute Gasteiger partial charge is 0.416 e. The van der Waals surface area contributed by atoms with Gasteiger partial charge < -0.3 is 14.9 Å². The molecule has 3 aromatic rings. The summed E-state index contributed by atoms with van der Waals surface area (Å²) in [6.07, 6.45) is -2.05. The van der Waals surface area contributed by atoms with Crippen molar-refractivity contribution in [2.75, 3.05) is 19.6 Å². The van der Waals surface area contributed by atoms with E-state index in [1.54, 1.807) is 34.5 Å². The van der Waals surface area contributed by atoms with Crippen molar-refractivity contribution < 1.29 is 32.7 Å². The number of carboxylic acid groups (broad SMARTS) is 1. The molecule has 2 saturated heterocycles. The summed E-state index contributed by atoms with van der Waals surface area (Å²) in [4.78, 5) is 45.4. The van der Waals surface area contributed by atoms with Gasteiger partial charge in [0.05, 0.1) is 10.6 Å². The van der Waals surface area contributed by atoms with E-state index < -0.39 is 23.8 Å². The van der Waals surface area contributed by atoms with Gasteiger partial charge in [-0.1, -0.05) is 30.3 Å². The molecule has 39 heavy (non-hydrogen) atoms. The lowest BCUT2D eigenvalue weighted by molar-refractivity contribution is -0.141. The number of nitrogens with zero attached hydrogens (tertiary/aromatic N) is 3. The number of piperidine rings is 1. The number of aliphatic carboxylic acids is 1. The predicted octanol–water partition coefficient (Wildman–Crippen LogP) is 5.54. The Balaban J connectivity index is 1.25. The third-order valence-electron chi connectivity index (χ3n) is 7.35. The molecule has 3 heterocycles. The lowest BCUT2D eigenvalue weighted by Gasteiger charge is -2.31. The van der Waals surface area contributed by atoms with Crippen LogP contribution in [0.5, 0.6) is 0 Å². The molecule has 2 fully saturated rings. The van der Waals surface area contributed by atoms with E-state index in [1.807, 2.05) is 0 Å². The molecule has 2 amide bonds. The fraction of sp³-hybridized carbons (Fsp3) is 0.357. The van der Waals surface area contributed by atoms with Crippen molar-refractivity contribution in [1.29, 1.82) is 0 Å². The Morgan fingerprint density at radius 3 is 2.28 bits per heavy atom. The number of carbonyl (C=O) groups is 3. The topological polar surface area (TPSA) is 90.8 Å². The molecule has 0 aliphatic carbocycles. The van der Waals surface area contributed by atoms with Crippen LogP contribution in [0.4, 0.5) is 13.2 Å². The van der Waals surface area contributed by atoms with Gasteiger partial charge in [0.15, 0.2) is 0 Å². The van der Waals surface area contributed by atoms with Crippen LogP contribution in [0.15, 0.2) is 53.9 Å². The maximum Gasteiger partial charge on any atom is 0.416 e. The molecule has 1 N–H and O–H groups in total. The molecule has 204 valence electrons. The van der Waals surface area contributed by atoms with E-state index in [0.29, 0.717) is 62.0 Å². The molecule has 0 bridgehead atoms. The lowest BCUT2D eigenvalue weighted by Crippen LogP contribution is -2.40. The van der Waals surface area contributed by atoms with E-state index in [0.717, 1.165) is 17.1 Å². The fourth-order valence-corrected chi connectivity index (χ4v) is 6.21. The number of amides is 2. The maximum absolute atomic E-state index is 13.4. The van der Waals surface area contributed by atoms with Gasteiger partial charge in [-0.05, 0) is 55.0 Å². The molecule has 0 spiro atoms. The maximum atomic E-state index is 13.4. The highest BCUT2D eigenvalue weighted by Crippen LogP contribution is 2.34. The molecular formula is C28H26F3N3O4S. The highest BCUT2D eigenvalue weighted by Gasteiger charge is 2.36. The summed E-state index contributed by atoms with van der Waals surface area (Å²) in [7, 11) is 0. The molecule has 2 aromatic carbocycles. The molecule has 11 heteroatoms. The van der Waals surface area contributed by atoms with E-state index in [9.17, 15) is 32.7 Å². The number of carbonyl (C=O) groups excluding carboxylic acids is 2. The van der Waals surface area contributed by atoms with Crippen LogP contribution >= 0.6 is 11.3 Å².